The van der Waals surface area contributed by atoms with Crippen molar-refractivity contribution in [2.24, 2.45) is 0 Å². The molecule has 1 aromatic rings. The first-order valence-corrected chi connectivity index (χ1v) is 6.45. The van der Waals surface area contributed by atoms with E-state index in [1.807, 2.05) is 18.2 Å². The Balaban J connectivity index is 2.21. The van der Waals surface area contributed by atoms with Crippen molar-refractivity contribution in [2.75, 3.05) is 38.8 Å². The van der Waals surface area contributed by atoms with Gasteiger partial charge in [-0.1, -0.05) is 11.6 Å². The topological polar surface area (TPSA) is 30.5 Å². The van der Waals surface area contributed by atoms with Crippen LogP contribution in [-0.4, -0.2) is 33.5 Å². The second-order valence-corrected chi connectivity index (χ2v) is 4.81. The third-order valence-electron chi connectivity index (χ3n) is 1.92. The Kier molecular flexibility index (Phi) is 7.11. The van der Waals surface area contributed by atoms with Crippen LogP contribution in [0.3, 0.4) is 0 Å². The Hall–Kier alpha value is -0.0400. The predicted octanol–water partition coefficient (Wildman–Crippen LogP) is 3.02. The number of benzene rings is 1. The van der Waals surface area contributed by atoms with Gasteiger partial charge in [0.1, 0.15) is 0 Å². The number of hydrogen-bond acceptors (Lipinski definition) is 3. The van der Waals surface area contributed by atoms with Crippen molar-refractivity contribution in [3.8, 4) is 0 Å². The molecular weight excluding hydrogens is 340 g/mol. The summed E-state index contributed by atoms with van der Waals surface area (Å²) in [5.74, 6) is 0. The number of nitrogens with one attached hydrogen (secondary N) is 1. The van der Waals surface area contributed by atoms with E-state index in [1.54, 1.807) is 7.11 Å². The maximum absolute atomic E-state index is 6.06. The fourth-order valence-corrected chi connectivity index (χ4v) is 2.06. The SMILES string of the molecule is COCCOCCNc1ccc(I)cc1Cl. The van der Waals surface area contributed by atoms with Crippen molar-refractivity contribution in [1.82, 2.24) is 0 Å². The Labute approximate surface area is 115 Å². The first-order valence-electron chi connectivity index (χ1n) is 4.99. The highest BCUT2D eigenvalue weighted by Gasteiger charge is 1.99. The summed E-state index contributed by atoms with van der Waals surface area (Å²) in [6, 6.07) is 5.91. The first-order chi connectivity index (χ1) is 7.74. The standard InChI is InChI=1S/C11H15ClINO2/c1-15-6-7-16-5-4-14-11-3-2-9(13)8-10(11)12/h2-3,8,14H,4-7H2,1H3. The van der Waals surface area contributed by atoms with E-state index in [0.29, 0.717) is 19.8 Å². The highest BCUT2D eigenvalue weighted by molar-refractivity contribution is 14.1. The molecular formula is C11H15ClINO2. The number of hydrogen-bond donors (Lipinski definition) is 1. The number of rotatable bonds is 7. The van der Waals surface area contributed by atoms with E-state index in [2.05, 4.69) is 27.9 Å². The van der Waals surface area contributed by atoms with E-state index in [1.165, 1.54) is 0 Å². The molecule has 90 valence electrons. The van der Waals surface area contributed by atoms with Crippen molar-refractivity contribution in [3.05, 3.63) is 26.8 Å². The minimum atomic E-state index is 0.624. The van der Waals surface area contributed by atoms with E-state index < -0.39 is 0 Å². The smallest absolute Gasteiger partial charge is 0.0701 e. The lowest BCUT2D eigenvalue weighted by Crippen LogP contribution is -2.12. The van der Waals surface area contributed by atoms with Gasteiger partial charge in [-0.3, -0.25) is 0 Å². The molecule has 3 nitrogen and oxygen atoms in total. The van der Waals surface area contributed by atoms with Crippen molar-refractivity contribution in [1.29, 1.82) is 0 Å². The molecule has 1 N–H and O–H groups in total. The van der Waals surface area contributed by atoms with Crippen molar-refractivity contribution in [3.63, 3.8) is 0 Å². The van der Waals surface area contributed by atoms with Gasteiger partial charge in [0.05, 0.1) is 30.5 Å². The van der Waals surface area contributed by atoms with Gasteiger partial charge < -0.3 is 14.8 Å². The van der Waals surface area contributed by atoms with Gasteiger partial charge in [0.15, 0.2) is 0 Å². The second kappa shape index (κ2) is 8.11. The van der Waals surface area contributed by atoms with Crippen LogP contribution < -0.4 is 5.32 Å². The molecule has 0 amide bonds. The van der Waals surface area contributed by atoms with Gasteiger partial charge in [-0.25, -0.2) is 0 Å². The highest BCUT2D eigenvalue weighted by Crippen LogP contribution is 2.23. The summed E-state index contributed by atoms with van der Waals surface area (Å²) < 4.78 is 11.3. The van der Waals surface area contributed by atoms with Crippen LogP contribution in [0, 0.1) is 3.57 Å². The van der Waals surface area contributed by atoms with Gasteiger partial charge in [0, 0.05) is 17.2 Å². The minimum Gasteiger partial charge on any atom is -0.382 e. The van der Waals surface area contributed by atoms with Gasteiger partial charge in [-0.2, -0.15) is 0 Å². The fraction of sp³-hybridized carbons (Fsp3) is 0.455. The van der Waals surface area contributed by atoms with Crippen molar-refractivity contribution in [2.45, 2.75) is 0 Å². The van der Waals surface area contributed by atoms with Crippen LogP contribution in [0.5, 0.6) is 0 Å². The molecule has 0 unspecified atom stereocenters. The van der Waals surface area contributed by atoms with E-state index >= 15 is 0 Å². The molecule has 0 spiro atoms. The summed E-state index contributed by atoms with van der Waals surface area (Å²) in [5, 5.41) is 3.96. The summed E-state index contributed by atoms with van der Waals surface area (Å²) >= 11 is 8.30. The first kappa shape index (κ1) is 14.0. The molecule has 0 aliphatic rings. The van der Waals surface area contributed by atoms with Crippen LogP contribution in [0.25, 0.3) is 0 Å². The molecule has 0 aliphatic carbocycles. The van der Waals surface area contributed by atoms with Gasteiger partial charge in [0.25, 0.3) is 0 Å². The van der Waals surface area contributed by atoms with Gasteiger partial charge in [-0.05, 0) is 40.8 Å². The summed E-state index contributed by atoms with van der Waals surface area (Å²) in [6.07, 6.45) is 0. The number of anilines is 1. The molecule has 0 atom stereocenters. The largest absolute Gasteiger partial charge is 0.382 e. The third-order valence-corrected chi connectivity index (χ3v) is 2.91. The quantitative estimate of drug-likeness (QED) is 0.602. The Morgan fingerprint density at radius 3 is 2.81 bits per heavy atom. The molecule has 1 aromatic carbocycles. The average Bonchev–Trinajstić information content (AvgIpc) is 2.26. The average molecular weight is 356 g/mol. The normalized spacial score (nSPS) is 10.4. The van der Waals surface area contributed by atoms with Crippen LogP contribution in [-0.2, 0) is 9.47 Å². The van der Waals surface area contributed by atoms with Crippen molar-refractivity contribution < 1.29 is 9.47 Å². The predicted molar refractivity (Wildman–Crippen MR) is 75.4 cm³/mol. The monoisotopic (exact) mass is 355 g/mol. The maximum Gasteiger partial charge on any atom is 0.0701 e. The second-order valence-electron chi connectivity index (χ2n) is 3.16. The Bertz CT molecular complexity index is 323. The van der Waals surface area contributed by atoms with Gasteiger partial charge >= 0.3 is 0 Å². The van der Waals surface area contributed by atoms with Crippen LogP contribution in [0.15, 0.2) is 18.2 Å². The molecule has 0 saturated heterocycles. The van der Waals surface area contributed by atoms with E-state index in [0.717, 1.165) is 20.8 Å². The van der Waals surface area contributed by atoms with Gasteiger partial charge in [-0.15, -0.1) is 0 Å². The third kappa shape index (κ3) is 5.34. The Morgan fingerprint density at radius 2 is 2.12 bits per heavy atom. The zero-order valence-electron chi connectivity index (χ0n) is 9.13. The number of ether oxygens (including phenoxy) is 2. The Morgan fingerprint density at radius 1 is 1.31 bits per heavy atom. The highest BCUT2D eigenvalue weighted by atomic mass is 127. The molecule has 0 saturated carbocycles. The number of methoxy groups -OCH3 is 1. The molecule has 0 bridgehead atoms. The maximum atomic E-state index is 6.06. The molecule has 0 heterocycles. The van der Waals surface area contributed by atoms with Crippen LogP contribution >= 0.6 is 34.2 Å². The molecule has 0 fully saturated rings. The van der Waals surface area contributed by atoms with Gasteiger partial charge in [0.2, 0.25) is 0 Å². The van der Waals surface area contributed by atoms with Crippen molar-refractivity contribution >= 4 is 39.9 Å². The zero-order valence-corrected chi connectivity index (χ0v) is 12.0. The summed E-state index contributed by atoms with van der Waals surface area (Å²) in [7, 11) is 1.66. The fourth-order valence-electron chi connectivity index (χ4n) is 1.14. The summed E-state index contributed by atoms with van der Waals surface area (Å²) in [6.45, 7) is 2.64. The van der Waals surface area contributed by atoms with E-state index in [4.69, 9.17) is 21.1 Å². The minimum absolute atomic E-state index is 0.624. The lowest BCUT2D eigenvalue weighted by Gasteiger charge is -2.09. The van der Waals surface area contributed by atoms with E-state index in [9.17, 15) is 0 Å². The lowest BCUT2D eigenvalue weighted by atomic mass is 10.3. The summed E-state index contributed by atoms with van der Waals surface area (Å²) in [4.78, 5) is 0. The molecule has 0 radical (unpaired) electrons. The molecule has 0 aromatic heterocycles. The zero-order chi connectivity index (χ0) is 11.8. The number of halogens is 2. The summed E-state index contributed by atoms with van der Waals surface area (Å²) in [5.41, 5.74) is 0.942. The molecule has 16 heavy (non-hydrogen) atoms. The van der Waals surface area contributed by atoms with Crippen LogP contribution in [0.4, 0.5) is 5.69 Å². The van der Waals surface area contributed by atoms with E-state index in [-0.39, 0.29) is 0 Å². The molecule has 1 rings (SSSR count). The van der Waals surface area contributed by atoms with Crippen LogP contribution in [0.1, 0.15) is 0 Å². The van der Waals surface area contributed by atoms with Crippen LogP contribution in [0.2, 0.25) is 5.02 Å². The molecule has 0 aliphatic heterocycles. The molecule has 5 heteroatoms. The lowest BCUT2D eigenvalue weighted by molar-refractivity contribution is 0.0759.